The summed E-state index contributed by atoms with van der Waals surface area (Å²) in [4.78, 5) is 31.7. The molecule has 2 heterocycles. The highest BCUT2D eigenvalue weighted by molar-refractivity contribution is 6.04. The summed E-state index contributed by atoms with van der Waals surface area (Å²) in [6, 6.07) is 0. The fourth-order valence-corrected chi connectivity index (χ4v) is 1.63. The van der Waals surface area contributed by atoms with E-state index in [1.165, 1.54) is 12.4 Å². The van der Waals surface area contributed by atoms with Crippen molar-refractivity contribution < 1.29 is 19.1 Å². The Balaban J connectivity index is 2.13. The zero-order valence-electron chi connectivity index (χ0n) is 10.9. The zero-order valence-corrected chi connectivity index (χ0v) is 10.9. The molecule has 8 nitrogen and oxygen atoms in total. The van der Waals surface area contributed by atoms with Gasteiger partial charge in [0.2, 0.25) is 0 Å². The van der Waals surface area contributed by atoms with Crippen LogP contribution in [-0.4, -0.2) is 61.3 Å². The summed E-state index contributed by atoms with van der Waals surface area (Å²) in [6.45, 7) is 2.29. The molecule has 0 unspecified atom stereocenters. The van der Waals surface area contributed by atoms with Crippen molar-refractivity contribution in [3.05, 3.63) is 23.8 Å². The van der Waals surface area contributed by atoms with Crippen molar-refractivity contribution in [1.82, 2.24) is 20.6 Å². The molecule has 1 aromatic heterocycles. The second kappa shape index (κ2) is 7.51. The lowest BCUT2D eigenvalue weighted by Gasteiger charge is -2.11. The van der Waals surface area contributed by atoms with E-state index in [9.17, 15) is 9.59 Å². The lowest BCUT2D eigenvalue weighted by Crippen LogP contribution is -2.34. The van der Waals surface area contributed by atoms with Crippen molar-refractivity contribution >= 4 is 11.8 Å². The van der Waals surface area contributed by atoms with Crippen molar-refractivity contribution in [2.45, 2.75) is 0 Å². The number of ether oxygens (including phenoxy) is 2. The number of fused-ring (bicyclic) bond motifs is 1. The molecule has 0 bridgehead atoms. The van der Waals surface area contributed by atoms with Gasteiger partial charge in [-0.2, -0.15) is 0 Å². The maximum Gasteiger partial charge on any atom is 0.272 e. The van der Waals surface area contributed by atoms with E-state index >= 15 is 0 Å². The van der Waals surface area contributed by atoms with Gasteiger partial charge in [-0.1, -0.05) is 0 Å². The zero-order chi connectivity index (χ0) is 14.2. The summed E-state index contributed by atoms with van der Waals surface area (Å²) in [5, 5.41) is 5.25. The van der Waals surface area contributed by atoms with Crippen LogP contribution in [0.3, 0.4) is 0 Å². The quantitative estimate of drug-likeness (QED) is 0.631. The Morgan fingerprint density at radius 2 is 1.25 bits per heavy atom. The number of hydrogen-bond donors (Lipinski definition) is 2. The molecule has 1 aromatic rings. The number of carbonyl (C=O) groups is 2. The van der Waals surface area contributed by atoms with Crippen LogP contribution in [0.4, 0.5) is 0 Å². The largest absolute Gasteiger partial charge is 0.377 e. The number of aromatic nitrogens is 2. The van der Waals surface area contributed by atoms with Crippen LogP contribution in [-0.2, 0) is 9.47 Å². The van der Waals surface area contributed by atoms with Gasteiger partial charge < -0.3 is 20.1 Å². The first-order valence-electron chi connectivity index (χ1n) is 6.32. The summed E-state index contributed by atoms with van der Waals surface area (Å²) in [6.07, 6.45) is 2.74. The normalized spacial score (nSPS) is 18.4. The van der Waals surface area contributed by atoms with E-state index in [4.69, 9.17) is 9.47 Å². The Hall–Kier alpha value is -2.06. The van der Waals surface area contributed by atoms with E-state index in [-0.39, 0.29) is 11.4 Å². The first kappa shape index (κ1) is 14.4. The van der Waals surface area contributed by atoms with Gasteiger partial charge in [-0.3, -0.25) is 9.59 Å². The number of nitrogens with zero attached hydrogens (tertiary/aromatic N) is 2. The van der Waals surface area contributed by atoms with Crippen LogP contribution in [0, 0.1) is 0 Å². The molecule has 0 aliphatic carbocycles. The van der Waals surface area contributed by atoms with E-state index in [1.54, 1.807) is 0 Å². The van der Waals surface area contributed by atoms with E-state index in [1.807, 2.05) is 0 Å². The maximum absolute atomic E-state index is 11.9. The van der Waals surface area contributed by atoms with Crippen molar-refractivity contribution in [1.29, 1.82) is 0 Å². The highest BCUT2D eigenvalue weighted by Gasteiger charge is 2.19. The van der Waals surface area contributed by atoms with Crippen LogP contribution in [0.15, 0.2) is 12.4 Å². The topological polar surface area (TPSA) is 102 Å². The van der Waals surface area contributed by atoms with Gasteiger partial charge in [0.05, 0.1) is 26.4 Å². The van der Waals surface area contributed by atoms with Gasteiger partial charge in [0.1, 0.15) is 0 Å². The minimum atomic E-state index is -0.444. The Morgan fingerprint density at radius 3 is 1.70 bits per heavy atom. The van der Waals surface area contributed by atoms with E-state index < -0.39 is 11.8 Å². The Labute approximate surface area is 115 Å². The second-order valence-corrected chi connectivity index (χ2v) is 3.99. The SMILES string of the molecule is O=C1NCCOCCOCCNC(=O)c2nccnc21. The molecular formula is C12H16N4O4. The highest BCUT2D eigenvalue weighted by atomic mass is 16.5. The smallest absolute Gasteiger partial charge is 0.272 e. The van der Waals surface area contributed by atoms with Crippen LogP contribution < -0.4 is 10.6 Å². The van der Waals surface area contributed by atoms with Crippen LogP contribution in [0.5, 0.6) is 0 Å². The first-order valence-corrected chi connectivity index (χ1v) is 6.32. The van der Waals surface area contributed by atoms with Gasteiger partial charge in [-0.05, 0) is 0 Å². The third kappa shape index (κ3) is 3.97. The molecule has 2 amide bonds. The van der Waals surface area contributed by atoms with Gasteiger partial charge in [0, 0.05) is 25.5 Å². The minimum absolute atomic E-state index is 0.00276. The van der Waals surface area contributed by atoms with Gasteiger partial charge in [-0.15, -0.1) is 0 Å². The summed E-state index contributed by atoms with van der Waals surface area (Å²) < 4.78 is 10.5. The van der Waals surface area contributed by atoms with E-state index in [2.05, 4.69) is 20.6 Å². The lowest BCUT2D eigenvalue weighted by molar-refractivity contribution is 0.0481. The van der Waals surface area contributed by atoms with Gasteiger partial charge >= 0.3 is 0 Å². The van der Waals surface area contributed by atoms with E-state index in [0.29, 0.717) is 39.5 Å². The number of carbonyl (C=O) groups excluding carboxylic acids is 2. The molecule has 0 saturated heterocycles. The average molecular weight is 280 g/mol. The highest BCUT2D eigenvalue weighted by Crippen LogP contribution is 2.01. The summed E-state index contributed by atoms with van der Waals surface area (Å²) >= 11 is 0. The predicted octanol–water partition coefficient (Wildman–Crippen LogP) is -1.02. The van der Waals surface area contributed by atoms with Crippen LogP contribution >= 0.6 is 0 Å². The Morgan fingerprint density at radius 1 is 0.800 bits per heavy atom. The first-order chi connectivity index (χ1) is 9.79. The van der Waals surface area contributed by atoms with Crippen LogP contribution in [0.1, 0.15) is 21.0 Å². The summed E-state index contributed by atoms with van der Waals surface area (Å²) in [7, 11) is 0. The number of nitrogens with one attached hydrogen (secondary N) is 2. The fourth-order valence-electron chi connectivity index (χ4n) is 1.63. The minimum Gasteiger partial charge on any atom is -0.377 e. The molecule has 1 aliphatic rings. The Kier molecular flexibility index (Phi) is 5.39. The van der Waals surface area contributed by atoms with Crippen molar-refractivity contribution in [3.63, 3.8) is 0 Å². The Bertz CT molecular complexity index is 437. The third-order valence-electron chi connectivity index (χ3n) is 2.56. The van der Waals surface area contributed by atoms with Gasteiger partial charge in [0.25, 0.3) is 11.8 Å². The molecule has 1 aliphatic heterocycles. The van der Waals surface area contributed by atoms with Crippen molar-refractivity contribution in [2.24, 2.45) is 0 Å². The van der Waals surface area contributed by atoms with Crippen molar-refractivity contribution in [2.75, 3.05) is 39.5 Å². The lowest BCUT2D eigenvalue weighted by atomic mass is 10.2. The number of amides is 2. The van der Waals surface area contributed by atoms with Gasteiger partial charge in [-0.25, -0.2) is 9.97 Å². The van der Waals surface area contributed by atoms with Crippen molar-refractivity contribution in [3.8, 4) is 0 Å². The number of hydrogen-bond acceptors (Lipinski definition) is 6. The molecule has 0 atom stereocenters. The monoisotopic (exact) mass is 280 g/mol. The predicted molar refractivity (Wildman–Crippen MR) is 68.3 cm³/mol. The average Bonchev–Trinajstić information content (AvgIpc) is 2.48. The van der Waals surface area contributed by atoms with Crippen LogP contribution in [0.2, 0.25) is 0 Å². The summed E-state index contributed by atoms with van der Waals surface area (Å²) in [5.41, 5.74) is 0.00551. The molecule has 0 spiro atoms. The molecule has 0 radical (unpaired) electrons. The third-order valence-corrected chi connectivity index (χ3v) is 2.56. The summed E-state index contributed by atoms with van der Waals surface area (Å²) in [5.74, 6) is -0.889. The maximum atomic E-state index is 11.9. The molecule has 108 valence electrons. The molecular weight excluding hydrogens is 264 g/mol. The van der Waals surface area contributed by atoms with E-state index in [0.717, 1.165) is 0 Å². The standard InChI is InChI=1S/C12H16N4O4/c17-11-9-10(14-2-1-13-9)12(18)16-4-6-20-8-7-19-5-3-15-11/h1-2H,3-8H2,(H,15,17)(H,16,18). The molecule has 20 heavy (non-hydrogen) atoms. The van der Waals surface area contributed by atoms with Gasteiger partial charge in [0.15, 0.2) is 11.4 Å². The fraction of sp³-hybridized carbons (Fsp3) is 0.500. The molecule has 0 aromatic carbocycles. The molecule has 0 fully saturated rings. The second-order valence-electron chi connectivity index (χ2n) is 3.99. The molecule has 8 heteroatoms. The molecule has 2 N–H and O–H groups in total. The molecule has 2 rings (SSSR count). The number of rotatable bonds is 0. The molecule has 0 saturated carbocycles. The van der Waals surface area contributed by atoms with Crippen LogP contribution in [0.25, 0.3) is 0 Å².